The molecular formula is C11H10ClFN2O. The summed E-state index contributed by atoms with van der Waals surface area (Å²) < 4.78 is 18.0. The Morgan fingerprint density at radius 1 is 1.50 bits per heavy atom. The second-order valence-electron chi connectivity index (χ2n) is 3.33. The largest absolute Gasteiger partial charge is 0.356 e. The molecule has 0 atom stereocenters. The fourth-order valence-corrected chi connectivity index (χ4v) is 1.73. The van der Waals surface area contributed by atoms with Crippen molar-refractivity contribution in [3.8, 4) is 11.3 Å². The standard InChI is InChI=1S/C11H10ClFN2O/c1-14-5-7-6-15-16-11(7)9-3-2-8(13)4-10(9)12/h2-4,6,14H,5H2,1H3. The smallest absolute Gasteiger partial charge is 0.172 e. The van der Waals surface area contributed by atoms with Gasteiger partial charge in [0.15, 0.2) is 5.76 Å². The lowest BCUT2D eigenvalue weighted by Gasteiger charge is -2.03. The Hall–Kier alpha value is -1.39. The Labute approximate surface area is 97.2 Å². The number of hydrogen-bond acceptors (Lipinski definition) is 3. The van der Waals surface area contributed by atoms with E-state index in [1.165, 1.54) is 12.1 Å². The van der Waals surface area contributed by atoms with Gasteiger partial charge in [0.25, 0.3) is 0 Å². The maximum Gasteiger partial charge on any atom is 0.172 e. The minimum absolute atomic E-state index is 0.314. The molecule has 2 rings (SSSR count). The van der Waals surface area contributed by atoms with Gasteiger partial charge in [0.1, 0.15) is 5.82 Å². The van der Waals surface area contributed by atoms with Crippen LogP contribution in [-0.4, -0.2) is 12.2 Å². The average Bonchev–Trinajstić information content (AvgIpc) is 2.67. The van der Waals surface area contributed by atoms with E-state index in [1.807, 2.05) is 7.05 Å². The predicted octanol–water partition coefficient (Wildman–Crippen LogP) is 2.85. The lowest BCUT2D eigenvalue weighted by atomic mass is 10.1. The zero-order chi connectivity index (χ0) is 11.5. The average molecular weight is 241 g/mol. The highest BCUT2D eigenvalue weighted by atomic mass is 35.5. The molecule has 1 aromatic heterocycles. The number of rotatable bonds is 3. The molecule has 2 aromatic rings. The van der Waals surface area contributed by atoms with Gasteiger partial charge >= 0.3 is 0 Å². The van der Waals surface area contributed by atoms with Crippen LogP contribution in [0.2, 0.25) is 5.02 Å². The molecule has 0 saturated carbocycles. The van der Waals surface area contributed by atoms with Crippen LogP contribution in [0.5, 0.6) is 0 Å². The summed E-state index contributed by atoms with van der Waals surface area (Å²) in [4.78, 5) is 0. The number of halogens is 2. The van der Waals surface area contributed by atoms with E-state index < -0.39 is 0 Å². The van der Waals surface area contributed by atoms with Crippen molar-refractivity contribution in [3.05, 3.63) is 40.8 Å². The number of hydrogen-bond donors (Lipinski definition) is 1. The van der Waals surface area contributed by atoms with Crippen LogP contribution in [0.3, 0.4) is 0 Å². The first-order valence-corrected chi connectivity index (χ1v) is 5.13. The van der Waals surface area contributed by atoms with Crippen molar-refractivity contribution in [1.82, 2.24) is 10.5 Å². The van der Waals surface area contributed by atoms with Crippen LogP contribution in [0.4, 0.5) is 4.39 Å². The van der Waals surface area contributed by atoms with Gasteiger partial charge in [-0.25, -0.2) is 4.39 Å². The van der Waals surface area contributed by atoms with Gasteiger partial charge in [-0.1, -0.05) is 16.8 Å². The minimum Gasteiger partial charge on any atom is -0.356 e. The van der Waals surface area contributed by atoms with Crippen molar-refractivity contribution in [1.29, 1.82) is 0 Å². The van der Waals surface area contributed by atoms with Gasteiger partial charge in [-0.05, 0) is 25.2 Å². The molecule has 0 bridgehead atoms. The first-order valence-electron chi connectivity index (χ1n) is 4.76. The number of benzene rings is 1. The third-order valence-corrected chi connectivity index (χ3v) is 2.50. The SMILES string of the molecule is CNCc1cnoc1-c1ccc(F)cc1Cl. The summed E-state index contributed by atoms with van der Waals surface area (Å²) >= 11 is 5.94. The second-order valence-corrected chi connectivity index (χ2v) is 3.74. The zero-order valence-corrected chi connectivity index (χ0v) is 9.38. The highest BCUT2D eigenvalue weighted by molar-refractivity contribution is 6.33. The van der Waals surface area contributed by atoms with Crippen molar-refractivity contribution in [2.45, 2.75) is 6.54 Å². The summed E-state index contributed by atoms with van der Waals surface area (Å²) in [7, 11) is 1.82. The fraction of sp³-hybridized carbons (Fsp3) is 0.182. The van der Waals surface area contributed by atoms with E-state index in [9.17, 15) is 4.39 Å². The maximum atomic E-state index is 12.9. The third kappa shape index (κ3) is 2.08. The maximum absolute atomic E-state index is 12.9. The van der Waals surface area contributed by atoms with Gasteiger partial charge in [-0.15, -0.1) is 0 Å². The lowest BCUT2D eigenvalue weighted by molar-refractivity contribution is 0.431. The highest BCUT2D eigenvalue weighted by Gasteiger charge is 2.13. The summed E-state index contributed by atoms with van der Waals surface area (Å²) in [5.74, 6) is 0.197. The van der Waals surface area contributed by atoms with E-state index in [0.29, 0.717) is 22.9 Å². The summed E-state index contributed by atoms with van der Waals surface area (Å²) in [6, 6.07) is 4.17. The van der Waals surface area contributed by atoms with Crippen molar-refractivity contribution in [3.63, 3.8) is 0 Å². The van der Waals surface area contributed by atoms with Gasteiger partial charge in [0, 0.05) is 17.7 Å². The van der Waals surface area contributed by atoms with Crippen molar-refractivity contribution in [2.75, 3.05) is 7.05 Å². The van der Waals surface area contributed by atoms with Crippen LogP contribution in [0.1, 0.15) is 5.56 Å². The Morgan fingerprint density at radius 3 is 3.00 bits per heavy atom. The van der Waals surface area contributed by atoms with Gasteiger partial charge in [0.05, 0.1) is 11.2 Å². The second kappa shape index (κ2) is 4.63. The molecule has 0 aliphatic carbocycles. The zero-order valence-electron chi connectivity index (χ0n) is 8.63. The van der Waals surface area contributed by atoms with Crippen LogP contribution >= 0.6 is 11.6 Å². The minimum atomic E-state index is -0.372. The van der Waals surface area contributed by atoms with Gasteiger partial charge < -0.3 is 9.84 Å². The van der Waals surface area contributed by atoms with Crippen molar-refractivity contribution >= 4 is 11.6 Å². The molecule has 1 aromatic carbocycles. The van der Waals surface area contributed by atoms with Gasteiger partial charge in [-0.2, -0.15) is 0 Å². The van der Waals surface area contributed by atoms with Gasteiger partial charge in [0.2, 0.25) is 0 Å². The first kappa shape index (κ1) is 11.1. The van der Waals surface area contributed by atoms with E-state index in [-0.39, 0.29) is 5.82 Å². The first-order chi connectivity index (χ1) is 7.72. The quantitative estimate of drug-likeness (QED) is 0.897. The van der Waals surface area contributed by atoms with Crippen LogP contribution < -0.4 is 5.32 Å². The predicted molar refractivity (Wildman–Crippen MR) is 59.7 cm³/mol. The lowest BCUT2D eigenvalue weighted by Crippen LogP contribution is -2.04. The molecular weight excluding hydrogens is 231 g/mol. The fourth-order valence-electron chi connectivity index (χ4n) is 1.47. The molecule has 0 radical (unpaired) electrons. The molecule has 5 heteroatoms. The van der Waals surface area contributed by atoms with Gasteiger partial charge in [-0.3, -0.25) is 0 Å². The molecule has 0 aliphatic rings. The molecule has 0 saturated heterocycles. The van der Waals surface area contributed by atoms with E-state index in [0.717, 1.165) is 5.56 Å². The molecule has 16 heavy (non-hydrogen) atoms. The summed E-state index contributed by atoms with van der Waals surface area (Å²) in [5, 5.41) is 7.02. The third-order valence-electron chi connectivity index (χ3n) is 2.19. The number of nitrogens with zero attached hydrogens (tertiary/aromatic N) is 1. The molecule has 1 N–H and O–H groups in total. The molecule has 0 unspecified atom stereocenters. The molecule has 1 heterocycles. The van der Waals surface area contributed by atoms with Crippen LogP contribution in [-0.2, 0) is 6.54 Å². The molecule has 84 valence electrons. The summed E-state index contributed by atoms with van der Waals surface area (Å²) in [6.07, 6.45) is 1.62. The van der Waals surface area contributed by atoms with Crippen LogP contribution in [0.25, 0.3) is 11.3 Å². The Bertz CT molecular complexity index is 498. The molecule has 0 amide bonds. The van der Waals surface area contributed by atoms with E-state index >= 15 is 0 Å². The molecule has 0 spiro atoms. The highest BCUT2D eigenvalue weighted by Crippen LogP contribution is 2.30. The van der Waals surface area contributed by atoms with Crippen molar-refractivity contribution < 1.29 is 8.91 Å². The number of nitrogens with one attached hydrogen (secondary N) is 1. The topological polar surface area (TPSA) is 38.1 Å². The van der Waals surface area contributed by atoms with E-state index in [1.54, 1.807) is 12.3 Å². The Kier molecular flexibility index (Phi) is 3.22. The normalized spacial score (nSPS) is 10.7. The summed E-state index contributed by atoms with van der Waals surface area (Å²) in [6.45, 7) is 0.618. The van der Waals surface area contributed by atoms with E-state index in [2.05, 4.69) is 10.5 Å². The monoisotopic (exact) mass is 240 g/mol. The van der Waals surface area contributed by atoms with Crippen LogP contribution in [0.15, 0.2) is 28.9 Å². The van der Waals surface area contributed by atoms with Crippen LogP contribution in [0, 0.1) is 5.82 Å². The van der Waals surface area contributed by atoms with E-state index in [4.69, 9.17) is 16.1 Å². The molecule has 0 fully saturated rings. The Morgan fingerprint density at radius 2 is 2.31 bits per heavy atom. The Balaban J connectivity index is 2.46. The summed E-state index contributed by atoms with van der Waals surface area (Å²) in [5.41, 5.74) is 1.53. The van der Waals surface area contributed by atoms with Crippen molar-refractivity contribution in [2.24, 2.45) is 0 Å². The molecule has 0 aliphatic heterocycles. The number of aromatic nitrogens is 1. The molecule has 3 nitrogen and oxygen atoms in total.